The Bertz CT molecular complexity index is 970. The number of carbonyl (C=O) groups is 2. The molecule has 2 atom stereocenters. The summed E-state index contributed by atoms with van der Waals surface area (Å²) < 4.78 is 25.1. The topological polar surface area (TPSA) is 101 Å². The fraction of sp³-hybridized carbons (Fsp3) is 0.421. The number of carbonyl (C=O) groups excluding carboxylic acids is 2. The fourth-order valence-corrected chi connectivity index (χ4v) is 5.53. The smallest absolute Gasteiger partial charge is 0.225 e. The molecule has 2 aliphatic heterocycles. The summed E-state index contributed by atoms with van der Waals surface area (Å²) >= 11 is 0. The van der Waals surface area contributed by atoms with E-state index in [0.29, 0.717) is 19.5 Å². The van der Waals surface area contributed by atoms with Gasteiger partial charge in [-0.15, -0.1) is 0 Å². The molecule has 2 aromatic rings. The lowest BCUT2D eigenvalue weighted by molar-refractivity contribution is -0.130. The molecule has 0 radical (unpaired) electrons. The molecule has 2 amide bonds. The molecule has 0 saturated carbocycles. The van der Waals surface area contributed by atoms with Gasteiger partial charge in [0.25, 0.3) is 0 Å². The van der Waals surface area contributed by atoms with Crippen molar-refractivity contribution in [3.8, 4) is 5.69 Å². The monoisotopic (exact) mass is 402 g/mol. The number of benzene rings is 1. The van der Waals surface area contributed by atoms with Crippen molar-refractivity contribution in [1.82, 2.24) is 20.0 Å². The number of amides is 2. The number of nitrogens with one attached hydrogen (secondary N) is 1. The molecule has 9 heteroatoms. The Labute approximate surface area is 163 Å². The number of hydrogen-bond acceptors (Lipinski definition) is 5. The Balaban J connectivity index is 1.31. The van der Waals surface area contributed by atoms with Gasteiger partial charge in [0.05, 0.1) is 23.1 Å². The zero-order valence-electron chi connectivity index (χ0n) is 15.3. The van der Waals surface area contributed by atoms with E-state index in [1.54, 1.807) is 15.8 Å². The van der Waals surface area contributed by atoms with Crippen LogP contribution < -0.4 is 5.32 Å². The van der Waals surface area contributed by atoms with Gasteiger partial charge in [-0.2, -0.15) is 5.10 Å². The maximum absolute atomic E-state index is 12.5. The van der Waals surface area contributed by atoms with Crippen LogP contribution in [0.2, 0.25) is 0 Å². The van der Waals surface area contributed by atoms with E-state index >= 15 is 0 Å². The Kier molecular flexibility index (Phi) is 4.92. The summed E-state index contributed by atoms with van der Waals surface area (Å²) in [6.07, 6.45) is 4.17. The Morgan fingerprint density at radius 1 is 1.25 bits per heavy atom. The van der Waals surface area contributed by atoms with Gasteiger partial charge in [-0.25, -0.2) is 13.1 Å². The second-order valence-electron chi connectivity index (χ2n) is 7.34. The lowest BCUT2D eigenvalue weighted by Crippen LogP contribution is -2.39. The standard InChI is InChI=1S/C19H22N4O4S/c24-18-10-15(12-22(18)17-6-9-28(26,27)13-17)19(25)20-11-14-2-4-16(5-3-14)23-8-1-7-21-23/h1-5,7-8,15,17H,6,9-13H2,(H,20,25). The summed E-state index contributed by atoms with van der Waals surface area (Å²) in [4.78, 5) is 26.3. The first-order valence-corrected chi connectivity index (χ1v) is 11.1. The van der Waals surface area contributed by atoms with E-state index in [1.165, 1.54) is 0 Å². The molecule has 8 nitrogen and oxygen atoms in total. The van der Waals surface area contributed by atoms with E-state index in [4.69, 9.17) is 0 Å². The van der Waals surface area contributed by atoms with E-state index in [0.717, 1.165) is 11.3 Å². The molecule has 1 aromatic carbocycles. The van der Waals surface area contributed by atoms with Crippen LogP contribution in [0.5, 0.6) is 0 Å². The average molecular weight is 402 g/mol. The van der Waals surface area contributed by atoms with Crippen molar-refractivity contribution in [3.63, 3.8) is 0 Å². The van der Waals surface area contributed by atoms with E-state index in [1.807, 2.05) is 36.5 Å². The second kappa shape index (κ2) is 7.38. The fourth-order valence-electron chi connectivity index (χ4n) is 3.80. The summed E-state index contributed by atoms with van der Waals surface area (Å²) in [6.45, 7) is 0.670. The zero-order chi connectivity index (χ0) is 19.7. The molecule has 0 aliphatic carbocycles. The van der Waals surface area contributed by atoms with Crippen LogP contribution in [0.3, 0.4) is 0 Å². The van der Waals surface area contributed by atoms with Crippen molar-refractivity contribution in [1.29, 1.82) is 0 Å². The van der Waals surface area contributed by atoms with Gasteiger partial charge in [0.1, 0.15) is 0 Å². The molecule has 0 spiro atoms. The molecule has 1 aromatic heterocycles. The van der Waals surface area contributed by atoms with Crippen LogP contribution in [0, 0.1) is 5.92 Å². The lowest BCUT2D eigenvalue weighted by Gasteiger charge is -2.22. The first-order chi connectivity index (χ1) is 13.4. The third kappa shape index (κ3) is 3.94. The summed E-state index contributed by atoms with van der Waals surface area (Å²) in [5, 5.41) is 7.06. The molecule has 2 aliphatic rings. The average Bonchev–Trinajstić information content (AvgIpc) is 3.40. The number of sulfone groups is 1. The van der Waals surface area contributed by atoms with E-state index in [2.05, 4.69) is 10.4 Å². The van der Waals surface area contributed by atoms with Crippen LogP contribution in [-0.2, 0) is 26.0 Å². The van der Waals surface area contributed by atoms with Gasteiger partial charge in [0.15, 0.2) is 9.84 Å². The Hall–Kier alpha value is -2.68. The van der Waals surface area contributed by atoms with Gasteiger partial charge < -0.3 is 10.2 Å². The van der Waals surface area contributed by atoms with Crippen LogP contribution in [0.25, 0.3) is 5.69 Å². The molecule has 1 N–H and O–H groups in total. The van der Waals surface area contributed by atoms with Crippen molar-refractivity contribution in [3.05, 3.63) is 48.3 Å². The number of hydrogen-bond donors (Lipinski definition) is 1. The quantitative estimate of drug-likeness (QED) is 0.786. The van der Waals surface area contributed by atoms with E-state index in [9.17, 15) is 18.0 Å². The predicted molar refractivity (Wildman–Crippen MR) is 102 cm³/mol. The maximum Gasteiger partial charge on any atom is 0.225 e. The van der Waals surface area contributed by atoms with Crippen molar-refractivity contribution in [2.24, 2.45) is 5.92 Å². The molecule has 2 fully saturated rings. The van der Waals surface area contributed by atoms with E-state index in [-0.39, 0.29) is 35.8 Å². The van der Waals surface area contributed by atoms with Crippen molar-refractivity contribution >= 4 is 21.7 Å². The van der Waals surface area contributed by atoms with Crippen molar-refractivity contribution < 1.29 is 18.0 Å². The lowest BCUT2D eigenvalue weighted by atomic mass is 10.1. The normalized spacial score (nSPS) is 23.9. The summed E-state index contributed by atoms with van der Waals surface area (Å²) in [7, 11) is -3.06. The summed E-state index contributed by atoms with van der Waals surface area (Å²) in [5.74, 6) is -0.611. The molecule has 148 valence electrons. The van der Waals surface area contributed by atoms with Gasteiger partial charge in [-0.05, 0) is 30.2 Å². The van der Waals surface area contributed by atoms with Gasteiger partial charge in [-0.3, -0.25) is 9.59 Å². The van der Waals surface area contributed by atoms with Crippen molar-refractivity contribution in [2.45, 2.75) is 25.4 Å². The Morgan fingerprint density at radius 3 is 2.68 bits per heavy atom. The highest BCUT2D eigenvalue weighted by Crippen LogP contribution is 2.26. The van der Waals surface area contributed by atoms with Gasteiger partial charge in [0.2, 0.25) is 11.8 Å². The Morgan fingerprint density at radius 2 is 2.04 bits per heavy atom. The van der Waals surface area contributed by atoms with Crippen LogP contribution in [0.4, 0.5) is 0 Å². The molecule has 2 saturated heterocycles. The molecule has 0 bridgehead atoms. The van der Waals surface area contributed by atoms with E-state index < -0.39 is 15.8 Å². The molecule has 28 heavy (non-hydrogen) atoms. The first-order valence-electron chi connectivity index (χ1n) is 9.28. The highest BCUT2D eigenvalue weighted by Gasteiger charge is 2.41. The molecule has 4 rings (SSSR count). The molecule has 3 heterocycles. The molecule has 2 unspecified atom stereocenters. The first kappa shape index (κ1) is 18.7. The largest absolute Gasteiger partial charge is 0.352 e. The van der Waals surface area contributed by atoms with Gasteiger partial charge in [-0.1, -0.05) is 12.1 Å². The number of rotatable bonds is 5. The maximum atomic E-state index is 12.5. The summed E-state index contributed by atoms with van der Waals surface area (Å²) in [5.41, 5.74) is 1.89. The number of aromatic nitrogens is 2. The third-order valence-corrected chi connectivity index (χ3v) is 7.10. The summed E-state index contributed by atoms with van der Waals surface area (Å²) in [6, 6.07) is 9.26. The van der Waals surface area contributed by atoms with Crippen LogP contribution in [0.15, 0.2) is 42.7 Å². The number of nitrogens with zero attached hydrogens (tertiary/aromatic N) is 3. The number of likely N-dealkylation sites (tertiary alicyclic amines) is 1. The van der Waals surface area contributed by atoms with Gasteiger partial charge >= 0.3 is 0 Å². The minimum absolute atomic E-state index is 0.00960. The van der Waals surface area contributed by atoms with Crippen molar-refractivity contribution in [2.75, 3.05) is 18.1 Å². The van der Waals surface area contributed by atoms with Crippen LogP contribution >= 0.6 is 0 Å². The molecular formula is C19H22N4O4S. The second-order valence-corrected chi connectivity index (χ2v) is 9.57. The van der Waals surface area contributed by atoms with Crippen LogP contribution in [-0.4, -0.2) is 59.0 Å². The zero-order valence-corrected chi connectivity index (χ0v) is 16.1. The molecular weight excluding hydrogens is 380 g/mol. The minimum Gasteiger partial charge on any atom is -0.352 e. The predicted octanol–water partition coefficient (Wildman–Crippen LogP) is 0.524. The third-order valence-electron chi connectivity index (χ3n) is 5.35. The SMILES string of the molecule is O=C(NCc1ccc(-n2cccn2)cc1)C1CC(=O)N(C2CCS(=O)(=O)C2)C1. The van der Waals surface area contributed by atoms with Crippen LogP contribution in [0.1, 0.15) is 18.4 Å². The van der Waals surface area contributed by atoms with Gasteiger partial charge in [0, 0.05) is 37.9 Å². The highest BCUT2D eigenvalue weighted by molar-refractivity contribution is 7.91. The highest BCUT2D eigenvalue weighted by atomic mass is 32.2. The minimum atomic E-state index is -3.06.